The van der Waals surface area contributed by atoms with Crippen LogP contribution in [0, 0.1) is 0 Å². The van der Waals surface area contributed by atoms with Crippen molar-refractivity contribution in [1.82, 2.24) is 0 Å². The molecule has 0 aliphatic heterocycles. The molecule has 1 rings (SSSR count). The average Bonchev–Trinajstić information content (AvgIpc) is 2.43. The molecular weight excluding hydrogens is 256 g/mol. The van der Waals surface area contributed by atoms with Crippen LogP contribution in [-0.4, -0.2) is 31.4 Å². The molecule has 0 saturated carbocycles. The number of rotatable bonds is 8. The second-order valence-corrected chi connectivity index (χ2v) is 4.76. The second-order valence-electron chi connectivity index (χ2n) is 4.76. The molecule has 0 saturated heterocycles. The van der Waals surface area contributed by atoms with Gasteiger partial charge in [-0.15, -0.1) is 0 Å². The number of esters is 1. The van der Waals surface area contributed by atoms with Gasteiger partial charge in [0.2, 0.25) is 0 Å². The Labute approximate surface area is 120 Å². The second kappa shape index (κ2) is 8.38. The summed E-state index contributed by atoms with van der Waals surface area (Å²) in [5.74, 6) is 0.416. The normalized spacial score (nSPS) is 13.3. The summed E-state index contributed by atoms with van der Waals surface area (Å²) in [6.45, 7) is 9.63. The van der Waals surface area contributed by atoms with E-state index in [1.807, 2.05) is 37.3 Å². The number of carbonyl (C=O) groups excluding carboxylic acids is 1. The fraction of sp³-hybridized carbons (Fsp3) is 0.438. The fourth-order valence-electron chi connectivity index (χ4n) is 1.40. The van der Waals surface area contributed by atoms with Gasteiger partial charge in [-0.25, -0.2) is 4.79 Å². The first kappa shape index (κ1) is 16.2. The smallest absolute Gasteiger partial charge is 0.333 e. The van der Waals surface area contributed by atoms with Crippen molar-refractivity contribution in [3.8, 4) is 5.75 Å². The van der Waals surface area contributed by atoms with E-state index in [1.54, 1.807) is 13.8 Å². The predicted octanol–water partition coefficient (Wildman–Crippen LogP) is 2.98. The van der Waals surface area contributed by atoms with E-state index >= 15 is 0 Å². The van der Waals surface area contributed by atoms with Crippen LogP contribution in [0.4, 0.5) is 0 Å². The molecule has 0 radical (unpaired) electrons. The summed E-state index contributed by atoms with van der Waals surface area (Å²) in [4.78, 5) is 11.3. The molecule has 0 aliphatic carbocycles. The van der Waals surface area contributed by atoms with Gasteiger partial charge in [-0.05, 0) is 32.9 Å². The van der Waals surface area contributed by atoms with E-state index in [4.69, 9.17) is 14.2 Å². The molecule has 0 spiro atoms. The van der Waals surface area contributed by atoms with Gasteiger partial charge in [0, 0.05) is 5.57 Å². The molecule has 110 valence electrons. The van der Waals surface area contributed by atoms with E-state index in [0.29, 0.717) is 18.8 Å². The van der Waals surface area contributed by atoms with Crippen molar-refractivity contribution in [3.63, 3.8) is 0 Å². The monoisotopic (exact) mass is 278 g/mol. The summed E-state index contributed by atoms with van der Waals surface area (Å²) in [5, 5.41) is 0. The van der Waals surface area contributed by atoms with Crippen LogP contribution in [0.3, 0.4) is 0 Å². The third-order valence-electron chi connectivity index (χ3n) is 2.50. The van der Waals surface area contributed by atoms with Crippen molar-refractivity contribution in [2.45, 2.75) is 33.0 Å². The Morgan fingerprint density at radius 1 is 1.15 bits per heavy atom. The molecular formula is C16H22O4. The molecule has 0 aromatic heterocycles. The van der Waals surface area contributed by atoms with Gasteiger partial charge in [0.25, 0.3) is 0 Å². The molecule has 4 heteroatoms. The maximum atomic E-state index is 11.3. The first-order valence-electron chi connectivity index (χ1n) is 6.65. The van der Waals surface area contributed by atoms with Crippen LogP contribution in [0.5, 0.6) is 5.75 Å². The van der Waals surface area contributed by atoms with Crippen LogP contribution in [0.2, 0.25) is 0 Å². The first-order chi connectivity index (χ1) is 9.49. The van der Waals surface area contributed by atoms with Gasteiger partial charge in [-0.3, -0.25) is 0 Å². The van der Waals surface area contributed by atoms with Crippen LogP contribution in [0.25, 0.3) is 0 Å². The van der Waals surface area contributed by atoms with Crippen LogP contribution in [0.15, 0.2) is 42.5 Å². The highest BCUT2D eigenvalue weighted by Gasteiger charge is 2.12. The molecule has 1 aromatic carbocycles. The zero-order valence-electron chi connectivity index (χ0n) is 12.3. The van der Waals surface area contributed by atoms with E-state index < -0.39 is 5.97 Å². The van der Waals surface area contributed by atoms with Crippen LogP contribution >= 0.6 is 0 Å². The van der Waals surface area contributed by atoms with Crippen molar-refractivity contribution in [1.29, 1.82) is 0 Å². The number of benzene rings is 1. The lowest BCUT2D eigenvalue weighted by atomic mass is 10.3. The summed E-state index contributed by atoms with van der Waals surface area (Å²) < 4.78 is 16.3. The molecule has 0 N–H and O–H groups in total. The largest absolute Gasteiger partial charge is 0.491 e. The van der Waals surface area contributed by atoms with Crippen LogP contribution in [0.1, 0.15) is 20.8 Å². The number of ether oxygens (including phenoxy) is 3. The summed E-state index contributed by atoms with van der Waals surface area (Å²) in [6.07, 6.45) is -0.389. The SMILES string of the molecule is C=C(C)C(=O)OC(C)COC(C)COc1ccccc1. The van der Waals surface area contributed by atoms with Gasteiger partial charge in [0.1, 0.15) is 18.5 Å². The van der Waals surface area contributed by atoms with E-state index in [2.05, 4.69) is 6.58 Å². The highest BCUT2D eigenvalue weighted by molar-refractivity contribution is 5.87. The molecule has 2 unspecified atom stereocenters. The minimum atomic E-state index is -0.394. The molecule has 0 amide bonds. The molecule has 0 aliphatic rings. The fourth-order valence-corrected chi connectivity index (χ4v) is 1.40. The zero-order valence-corrected chi connectivity index (χ0v) is 12.3. The highest BCUT2D eigenvalue weighted by atomic mass is 16.6. The standard InChI is InChI=1S/C16H22O4/c1-12(2)16(17)20-14(4)11-18-13(3)10-19-15-8-6-5-7-9-15/h5-9,13-14H,1,10-11H2,2-4H3. The van der Waals surface area contributed by atoms with Gasteiger partial charge in [0.15, 0.2) is 0 Å². The summed E-state index contributed by atoms with van der Waals surface area (Å²) in [5.41, 5.74) is 0.386. The number of carbonyl (C=O) groups is 1. The molecule has 4 nitrogen and oxygen atoms in total. The Morgan fingerprint density at radius 2 is 1.80 bits per heavy atom. The van der Waals surface area contributed by atoms with E-state index in [9.17, 15) is 4.79 Å². The van der Waals surface area contributed by atoms with E-state index in [-0.39, 0.29) is 12.2 Å². The quantitative estimate of drug-likeness (QED) is 0.541. The Hall–Kier alpha value is -1.81. The lowest BCUT2D eigenvalue weighted by Gasteiger charge is -2.18. The Kier molecular flexibility index (Phi) is 6.81. The molecule has 20 heavy (non-hydrogen) atoms. The van der Waals surface area contributed by atoms with Crippen molar-refractivity contribution in [2.75, 3.05) is 13.2 Å². The van der Waals surface area contributed by atoms with Crippen molar-refractivity contribution >= 4 is 5.97 Å². The average molecular weight is 278 g/mol. The molecule has 0 fully saturated rings. The number of hydrogen-bond acceptors (Lipinski definition) is 4. The van der Waals surface area contributed by atoms with Gasteiger partial charge in [-0.1, -0.05) is 24.8 Å². The van der Waals surface area contributed by atoms with E-state index in [1.165, 1.54) is 0 Å². The predicted molar refractivity (Wildman–Crippen MR) is 77.7 cm³/mol. The lowest BCUT2D eigenvalue weighted by molar-refractivity contribution is -0.147. The summed E-state index contributed by atoms with van der Waals surface area (Å²) in [7, 11) is 0. The maximum Gasteiger partial charge on any atom is 0.333 e. The topological polar surface area (TPSA) is 44.8 Å². The van der Waals surface area contributed by atoms with Crippen molar-refractivity contribution in [3.05, 3.63) is 42.5 Å². The van der Waals surface area contributed by atoms with Crippen LogP contribution < -0.4 is 4.74 Å². The zero-order chi connectivity index (χ0) is 15.0. The van der Waals surface area contributed by atoms with Gasteiger partial charge >= 0.3 is 5.97 Å². The highest BCUT2D eigenvalue weighted by Crippen LogP contribution is 2.09. The molecule has 1 aromatic rings. The maximum absolute atomic E-state index is 11.3. The summed E-state index contributed by atoms with van der Waals surface area (Å²) >= 11 is 0. The number of para-hydroxylation sites is 1. The lowest BCUT2D eigenvalue weighted by Crippen LogP contribution is -2.26. The third kappa shape index (κ3) is 6.38. The molecule has 0 heterocycles. The first-order valence-corrected chi connectivity index (χ1v) is 6.65. The third-order valence-corrected chi connectivity index (χ3v) is 2.50. The molecule has 0 bridgehead atoms. The minimum Gasteiger partial charge on any atom is -0.491 e. The summed E-state index contributed by atoms with van der Waals surface area (Å²) in [6, 6.07) is 9.55. The number of hydrogen-bond donors (Lipinski definition) is 0. The Bertz CT molecular complexity index is 427. The Balaban J connectivity index is 2.21. The van der Waals surface area contributed by atoms with Crippen molar-refractivity contribution < 1.29 is 19.0 Å². The van der Waals surface area contributed by atoms with Gasteiger partial charge in [-0.2, -0.15) is 0 Å². The van der Waals surface area contributed by atoms with Gasteiger partial charge in [0.05, 0.1) is 12.7 Å². The van der Waals surface area contributed by atoms with Gasteiger partial charge < -0.3 is 14.2 Å². The van der Waals surface area contributed by atoms with Crippen LogP contribution in [-0.2, 0) is 14.3 Å². The Morgan fingerprint density at radius 3 is 2.40 bits per heavy atom. The minimum absolute atomic E-state index is 0.0822. The molecule has 2 atom stereocenters. The van der Waals surface area contributed by atoms with Crippen molar-refractivity contribution in [2.24, 2.45) is 0 Å². The van der Waals surface area contributed by atoms with E-state index in [0.717, 1.165) is 5.75 Å².